The van der Waals surface area contributed by atoms with E-state index in [2.05, 4.69) is 61.5 Å². The molecule has 0 saturated heterocycles. The van der Waals surface area contributed by atoms with Crippen LogP contribution in [0.4, 0.5) is 0 Å². The Morgan fingerprint density at radius 2 is 2.00 bits per heavy atom. The summed E-state index contributed by atoms with van der Waals surface area (Å²) in [5.41, 5.74) is 5.22. The molecule has 1 unspecified atom stereocenters. The molecule has 3 nitrogen and oxygen atoms in total. The van der Waals surface area contributed by atoms with E-state index in [1.165, 1.54) is 22.5 Å². The average Bonchev–Trinajstić information content (AvgIpc) is 2.86. The van der Waals surface area contributed by atoms with Crippen molar-refractivity contribution in [3.63, 3.8) is 0 Å². The first kappa shape index (κ1) is 15.8. The molecule has 1 heterocycles. The highest BCUT2D eigenvalue weighted by Crippen LogP contribution is 2.21. The summed E-state index contributed by atoms with van der Waals surface area (Å²) < 4.78 is 2.03. The van der Waals surface area contributed by atoms with Gasteiger partial charge in [0.1, 0.15) is 0 Å². The molecule has 1 N–H and O–H groups in total. The van der Waals surface area contributed by atoms with Crippen molar-refractivity contribution in [2.24, 2.45) is 7.05 Å². The maximum absolute atomic E-state index is 4.60. The van der Waals surface area contributed by atoms with Gasteiger partial charge in [0.15, 0.2) is 0 Å². The molecule has 1 aromatic heterocycles. The van der Waals surface area contributed by atoms with E-state index in [4.69, 9.17) is 0 Å². The summed E-state index contributed by atoms with van der Waals surface area (Å²) in [6.45, 7) is 7.58. The minimum absolute atomic E-state index is 0.323. The SMILES string of the molecule is CCCNC(Cc1ccccc1C)c1cc(CC)nn1C. The lowest BCUT2D eigenvalue weighted by molar-refractivity contribution is 0.492. The molecule has 0 fully saturated rings. The lowest BCUT2D eigenvalue weighted by Crippen LogP contribution is -2.26. The quantitative estimate of drug-likeness (QED) is 0.843. The summed E-state index contributed by atoms with van der Waals surface area (Å²) in [6, 6.07) is 11.2. The van der Waals surface area contributed by atoms with Crippen molar-refractivity contribution in [2.75, 3.05) is 6.54 Å². The Kier molecular flexibility index (Phi) is 5.57. The average molecular weight is 285 g/mol. The fourth-order valence-corrected chi connectivity index (χ4v) is 2.70. The molecule has 1 atom stereocenters. The summed E-state index contributed by atoms with van der Waals surface area (Å²) in [5, 5.41) is 8.28. The molecule has 0 aliphatic carbocycles. The number of aromatic nitrogens is 2. The second-order valence-electron chi connectivity index (χ2n) is 5.68. The molecule has 0 bridgehead atoms. The number of hydrogen-bond acceptors (Lipinski definition) is 2. The Morgan fingerprint density at radius 1 is 1.24 bits per heavy atom. The van der Waals surface area contributed by atoms with E-state index in [1.54, 1.807) is 0 Å². The lowest BCUT2D eigenvalue weighted by atomic mass is 9.98. The zero-order chi connectivity index (χ0) is 15.2. The van der Waals surface area contributed by atoms with Gasteiger partial charge in [-0.25, -0.2) is 0 Å². The number of nitrogens with zero attached hydrogens (tertiary/aromatic N) is 2. The Hall–Kier alpha value is -1.61. The first-order valence-electron chi connectivity index (χ1n) is 7.96. The zero-order valence-electron chi connectivity index (χ0n) is 13.7. The normalized spacial score (nSPS) is 12.6. The van der Waals surface area contributed by atoms with Gasteiger partial charge in [0.25, 0.3) is 0 Å². The lowest BCUT2D eigenvalue weighted by Gasteiger charge is -2.20. The van der Waals surface area contributed by atoms with Crippen LogP contribution in [-0.2, 0) is 19.9 Å². The number of rotatable bonds is 7. The standard InChI is InChI=1S/C18H27N3/c1-5-11-19-17(12-15-10-8-7-9-14(15)3)18-13-16(6-2)20-21(18)4/h7-10,13,17,19H,5-6,11-12H2,1-4H3. The van der Waals surface area contributed by atoms with Crippen LogP contribution in [0.5, 0.6) is 0 Å². The monoisotopic (exact) mass is 285 g/mol. The van der Waals surface area contributed by atoms with Crippen LogP contribution >= 0.6 is 0 Å². The molecule has 2 aromatic rings. The zero-order valence-corrected chi connectivity index (χ0v) is 13.7. The summed E-state index contributed by atoms with van der Waals surface area (Å²) in [4.78, 5) is 0. The van der Waals surface area contributed by atoms with E-state index in [1.807, 2.05) is 11.7 Å². The van der Waals surface area contributed by atoms with Gasteiger partial charge in [0.2, 0.25) is 0 Å². The smallest absolute Gasteiger partial charge is 0.0625 e. The van der Waals surface area contributed by atoms with E-state index >= 15 is 0 Å². The number of aryl methyl sites for hydroxylation is 3. The molecular weight excluding hydrogens is 258 g/mol. The first-order chi connectivity index (χ1) is 10.2. The maximum atomic E-state index is 4.60. The fraction of sp³-hybridized carbons (Fsp3) is 0.500. The topological polar surface area (TPSA) is 29.9 Å². The van der Waals surface area contributed by atoms with Gasteiger partial charge >= 0.3 is 0 Å². The largest absolute Gasteiger partial charge is 0.308 e. The van der Waals surface area contributed by atoms with Gasteiger partial charge in [-0.15, -0.1) is 0 Å². The second kappa shape index (κ2) is 7.41. The van der Waals surface area contributed by atoms with Crippen LogP contribution in [0, 0.1) is 6.92 Å². The van der Waals surface area contributed by atoms with Crippen LogP contribution in [0.25, 0.3) is 0 Å². The fourth-order valence-electron chi connectivity index (χ4n) is 2.70. The third-order valence-electron chi connectivity index (χ3n) is 4.01. The van der Waals surface area contributed by atoms with Crippen LogP contribution in [0.2, 0.25) is 0 Å². The van der Waals surface area contributed by atoms with Gasteiger partial charge < -0.3 is 5.32 Å². The predicted molar refractivity (Wildman–Crippen MR) is 88.5 cm³/mol. The van der Waals surface area contributed by atoms with E-state index in [0.717, 1.165) is 25.8 Å². The highest BCUT2D eigenvalue weighted by molar-refractivity contribution is 5.28. The van der Waals surface area contributed by atoms with E-state index in [0.29, 0.717) is 6.04 Å². The third kappa shape index (κ3) is 3.94. The highest BCUT2D eigenvalue weighted by Gasteiger charge is 2.17. The van der Waals surface area contributed by atoms with Crippen LogP contribution < -0.4 is 5.32 Å². The van der Waals surface area contributed by atoms with Gasteiger partial charge in [-0.2, -0.15) is 5.10 Å². The van der Waals surface area contributed by atoms with Gasteiger partial charge in [-0.05, 0) is 49.9 Å². The van der Waals surface area contributed by atoms with Gasteiger partial charge in [0.05, 0.1) is 17.4 Å². The molecule has 0 saturated carbocycles. The van der Waals surface area contributed by atoms with Crippen molar-refractivity contribution >= 4 is 0 Å². The van der Waals surface area contributed by atoms with Crippen molar-refractivity contribution in [3.05, 3.63) is 52.8 Å². The number of benzene rings is 1. The summed E-state index contributed by atoms with van der Waals surface area (Å²) in [7, 11) is 2.05. The molecule has 21 heavy (non-hydrogen) atoms. The molecular formula is C18H27N3. The second-order valence-corrected chi connectivity index (χ2v) is 5.68. The molecule has 0 aliphatic heterocycles. The van der Waals surface area contributed by atoms with E-state index < -0.39 is 0 Å². The Labute approximate surface area is 128 Å². The summed E-state index contributed by atoms with van der Waals surface area (Å²) >= 11 is 0. The molecule has 0 amide bonds. The Morgan fingerprint density at radius 3 is 2.62 bits per heavy atom. The number of nitrogens with one attached hydrogen (secondary N) is 1. The molecule has 1 aromatic carbocycles. The van der Waals surface area contributed by atoms with Crippen molar-refractivity contribution in [1.29, 1.82) is 0 Å². The minimum Gasteiger partial charge on any atom is -0.308 e. The molecule has 3 heteroatoms. The van der Waals surface area contributed by atoms with Crippen LogP contribution in [-0.4, -0.2) is 16.3 Å². The van der Waals surface area contributed by atoms with Crippen molar-refractivity contribution < 1.29 is 0 Å². The van der Waals surface area contributed by atoms with Gasteiger partial charge in [-0.1, -0.05) is 38.1 Å². The van der Waals surface area contributed by atoms with Gasteiger partial charge in [-0.3, -0.25) is 4.68 Å². The van der Waals surface area contributed by atoms with E-state index in [-0.39, 0.29) is 0 Å². The molecule has 2 rings (SSSR count). The van der Waals surface area contributed by atoms with Crippen molar-refractivity contribution in [1.82, 2.24) is 15.1 Å². The molecule has 114 valence electrons. The number of hydrogen-bond donors (Lipinski definition) is 1. The van der Waals surface area contributed by atoms with Crippen molar-refractivity contribution in [2.45, 2.75) is 46.1 Å². The van der Waals surface area contributed by atoms with Crippen LogP contribution in [0.1, 0.15) is 48.8 Å². The van der Waals surface area contributed by atoms with Crippen molar-refractivity contribution in [3.8, 4) is 0 Å². The Balaban J connectivity index is 2.25. The van der Waals surface area contributed by atoms with Crippen LogP contribution in [0.3, 0.4) is 0 Å². The van der Waals surface area contributed by atoms with Crippen LogP contribution in [0.15, 0.2) is 30.3 Å². The molecule has 0 spiro atoms. The Bertz CT molecular complexity index is 572. The molecule has 0 aliphatic rings. The maximum Gasteiger partial charge on any atom is 0.0625 e. The minimum atomic E-state index is 0.323. The van der Waals surface area contributed by atoms with Gasteiger partial charge in [0, 0.05) is 7.05 Å². The predicted octanol–water partition coefficient (Wildman–Crippen LogP) is 3.57. The molecule has 0 radical (unpaired) electrons. The summed E-state index contributed by atoms with van der Waals surface area (Å²) in [5.74, 6) is 0. The van der Waals surface area contributed by atoms with E-state index in [9.17, 15) is 0 Å². The first-order valence-corrected chi connectivity index (χ1v) is 7.96. The highest BCUT2D eigenvalue weighted by atomic mass is 15.3. The third-order valence-corrected chi connectivity index (χ3v) is 4.01. The summed E-state index contributed by atoms with van der Waals surface area (Å²) in [6.07, 6.45) is 3.14.